The number of hydrogen-bond acceptors (Lipinski definition) is 6. The maximum Gasteiger partial charge on any atom is 0.273 e. The van der Waals surface area contributed by atoms with Gasteiger partial charge in [-0.05, 0) is 42.8 Å². The standard InChI is InChI=1S/C29H35FN6O2/c1-34-14-16-35(17-15-34)13-11-31-29(37)27-21-38-28(33-27)20-36(19-22-6-8-24(30)9-7-22)12-10-23-18-32-26-5-3-2-4-25(23)26/h2-9,18,21,32H,10-17,19-20H2,1H3,(H,31,37). The molecule has 200 valence electrons. The zero-order valence-electron chi connectivity index (χ0n) is 21.8. The summed E-state index contributed by atoms with van der Waals surface area (Å²) in [6.07, 6.45) is 4.30. The summed E-state index contributed by atoms with van der Waals surface area (Å²) in [7, 11) is 2.13. The number of para-hydroxylation sites is 1. The molecule has 2 aromatic heterocycles. The summed E-state index contributed by atoms with van der Waals surface area (Å²) in [5, 5.41) is 4.17. The van der Waals surface area contributed by atoms with Crippen LogP contribution in [0.1, 0.15) is 27.5 Å². The van der Waals surface area contributed by atoms with Crippen molar-refractivity contribution in [3.8, 4) is 0 Å². The van der Waals surface area contributed by atoms with Crippen LogP contribution in [0.4, 0.5) is 4.39 Å². The maximum absolute atomic E-state index is 13.5. The second-order valence-electron chi connectivity index (χ2n) is 9.97. The Hall–Kier alpha value is -3.53. The molecule has 2 aromatic carbocycles. The summed E-state index contributed by atoms with van der Waals surface area (Å²) in [5.41, 5.74) is 3.64. The van der Waals surface area contributed by atoms with E-state index in [0.29, 0.717) is 25.5 Å². The van der Waals surface area contributed by atoms with Gasteiger partial charge < -0.3 is 19.6 Å². The number of nitrogens with zero attached hydrogens (tertiary/aromatic N) is 4. The first-order chi connectivity index (χ1) is 18.5. The van der Waals surface area contributed by atoms with Gasteiger partial charge in [-0.2, -0.15) is 0 Å². The largest absolute Gasteiger partial charge is 0.447 e. The van der Waals surface area contributed by atoms with Crippen LogP contribution in [0.25, 0.3) is 10.9 Å². The molecule has 1 aliphatic rings. The zero-order valence-corrected chi connectivity index (χ0v) is 21.8. The van der Waals surface area contributed by atoms with Crippen molar-refractivity contribution in [3.63, 3.8) is 0 Å². The Labute approximate surface area is 222 Å². The van der Waals surface area contributed by atoms with Crippen LogP contribution in [0.2, 0.25) is 0 Å². The van der Waals surface area contributed by atoms with Crippen LogP contribution in [-0.2, 0) is 19.5 Å². The van der Waals surface area contributed by atoms with Crippen molar-refractivity contribution >= 4 is 16.8 Å². The minimum atomic E-state index is -0.255. The SMILES string of the molecule is CN1CCN(CCNC(=O)c2coc(CN(CCc3c[nH]c4ccccc34)Cc3ccc(F)cc3)n2)CC1. The number of likely N-dealkylation sites (N-methyl/N-ethyl adjacent to an activating group) is 1. The van der Waals surface area contributed by atoms with E-state index in [4.69, 9.17) is 4.42 Å². The van der Waals surface area contributed by atoms with Crippen LogP contribution in [0.3, 0.4) is 0 Å². The number of aromatic nitrogens is 2. The van der Waals surface area contributed by atoms with Gasteiger partial charge in [0.15, 0.2) is 5.69 Å². The normalized spacial score (nSPS) is 14.9. The molecule has 0 bridgehead atoms. The predicted octanol–water partition coefficient (Wildman–Crippen LogP) is 3.52. The Balaban J connectivity index is 1.19. The Morgan fingerprint density at radius 3 is 2.71 bits per heavy atom. The number of benzene rings is 2. The van der Waals surface area contributed by atoms with Crippen LogP contribution in [0.15, 0.2) is 65.4 Å². The molecule has 1 saturated heterocycles. The lowest BCUT2D eigenvalue weighted by atomic mass is 10.1. The van der Waals surface area contributed by atoms with Gasteiger partial charge in [-0.25, -0.2) is 9.37 Å². The van der Waals surface area contributed by atoms with Crippen LogP contribution in [0.5, 0.6) is 0 Å². The topological polar surface area (TPSA) is 80.6 Å². The van der Waals surface area contributed by atoms with Gasteiger partial charge in [0.25, 0.3) is 5.91 Å². The van der Waals surface area contributed by atoms with Gasteiger partial charge in [0, 0.05) is 69.5 Å². The number of carbonyl (C=O) groups is 1. The second-order valence-corrected chi connectivity index (χ2v) is 9.97. The molecule has 0 radical (unpaired) electrons. The van der Waals surface area contributed by atoms with Gasteiger partial charge in [-0.15, -0.1) is 0 Å². The molecule has 4 aromatic rings. The number of rotatable bonds is 11. The van der Waals surface area contributed by atoms with Crippen molar-refractivity contribution in [2.45, 2.75) is 19.5 Å². The highest BCUT2D eigenvalue weighted by Crippen LogP contribution is 2.19. The number of piperazine rings is 1. The van der Waals surface area contributed by atoms with Crippen molar-refractivity contribution in [1.29, 1.82) is 0 Å². The summed E-state index contributed by atoms with van der Waals surface area (Å²) in [5.74, 6) is 0.00308. The molecular formula is C29H35FN6O2. The fourth-order valence-corrected chi connectivity index (χ4v) is 4.85. The molecule has 5 rings (SSSR count). The first-order valence-electron chi connectivity index (χ1n) is 13.2. The summed E-state index contributed by atoms with van der Waals surface area (Å²) in [4.78, 5) is 27.3. The van der Waals surface area contributed by atoms with Crippen LogP contribution in [-0.4, -0.2) is 83.4 Å². The third-order valence-corrected chi connectivity index (χ3v) is 7.14. The van der Waals surface area contributed by atoms with Crippen molar-refractivity contribution in [3.05, 3.63) is 89.5 Å². The fraction of sp³-hybridized carbons (Fsp3) is 0.379. The van der Waals surface area contributed by atoms with E-state index >= 15 is 0 Å². The molecule has 9 heteroatoms. The third kappa shape index (κ3) is 6.86. The van der Waals surface area contributed by atoms with Crippen molar-refractivity contribution in [2.24, 2.45) is 0 Å². The predicted molar refractivity (Wildman–Crippen MR) is 145 cm³/mol. The summed E-state index contributed by atoms with van der Waals surface area (Å²) in [6.45, 7) is 7.33. The summed E-state index contributed by atoms with van der Waals surface area (Å²) >= 11 is 0. The molecule has 0 spiro atoms. The van der Waals surface area contributed by atoms with Crippen LogP contribution < -0.4 is 5.32 Å². The molecule has 0 saturated carbocycles. The number of halogens is 1. The molecule has 0 aliphatic carbocycles. The van der Waals surface area contributed by atoms with E-state index < -0.39 is 0 Å². The highest BCUT2D eigenvalue weighted by Gasteiger charge is 2.17. The van der Waals surface area contributed by atoms with E-state index in [0.717, 1.165) is 56.8 Å². The molecule has 0 unspecified atom stereocenters. The molecule has 8 nitrogen and oxygen atoms in total. The van der Waals surface area contributed by atoms with Gasteiger partial charge in [0.05, 0.1) is 6.54 Å². The van der Waals surface area contributed by atoms with E-state index in [9.17, 15) is 9.18 Å². The quantitative estimate of drug-likeness (QED) is 0.316. The molecule has 2 N–H and O–H groups in total. The van der Waals surface area contributed by atoms with Crippen molar-refractivity contribution in [2.75, 3.05) is 52.9 Å². The highest BCUT2D eigenvalue weighted by atomic mass is 19.1. The fourth-order valence-electron chi connectivity index (χ4n) is 4.85. The number of carbonyl (C=O) groups excluding carboxylic acids is 1. The number of amides is 1. The summed E-state index contributed by atoms with van der Waals surface area (Å²) in [6, 6.07) is 14.8. The molecule has 1 fully saturated rings. The minimum absolute atomic E-state index is 0.224. The number of oxazole rings is 1. The van der Waals surface area contributed by atoms with Gasteiger partial charge in [-0.3, -0.25) is 14.6 Å². The van der Waals surface area contributed by atoms with E-state index in [2.05, 4.69) is 55.4 Å². The lowest BCUT2D eigenvalue weighted by molar-refractivity contribution is 0.0936. The van der Waals surface area contributed by atoms with Gasteiger partial charge >= 0.3 is 0 Å². The minimum Gasteiger partial charge on any atom is -0.447 e. The van der Waals surface area contributed by atoms with Crippen LogP contribution >= 0.6 is 0 Å². The van der Waals surface area contributed by atoms with E-state index in [-0.39, 0.29) is 17.4 Å². The smallest absolute Gasteiger partial charge is 0.273 e. The van der Waals surface area contributed by atoms with E-state index in [1.807, 2.05) is 12.1 Å². The maximum atomic E-state index is 13.5. The molecule has 3 heterocycles. The average Bonchev–Trinajstić information content (AvgIpc) is 3.57. The number of nitrogens with one attached hydrogen (secondary N) is 2. The zero-order chi connectivity index (χ0) is 26.3. The van der Waals surface area contributed by atoms with Gasteiger partial charge in [0.2, 0.25) is 5.89 Å². The number of H-pyrrole nitrogens is 1. The average molecular weight is 519 g/mol. The molecule has 0 atom stereocenters. The first-order valence-corrected chi connectivity index (χ1v) is 13.2. The number of hydrogen-bond donors (Lipinski definition) is 2. The molecular weight excluding hydrogens is 483 g/mol. The Bertz CT molecular complexity index is 1330. The first kappa shape index (κ1) is 26.1. The second kappa shape index (κ2) is 12.3. The summed E-state index contributed by atoms with van der Waals surface area (Å²) < 4.78 is 19.1. The van der Waals surface area contributed by atoms with Crippen molar-refractivity contribution in [1.82, 2.24) is 30.0 Å². The Kier molecular flexibility index (Phi) is 8.47. The highest BCUT2D eigenvalue weighted by molar-refractivity contribution is 5.91. The van der Waals surface area contributed by atoms with Crippen molar-refractivity contribution < 1.29 is 13.6 Å². The third-order valence-electron chi connectivity index (χ3n) is 7.14. The number of aromatic amines is 1. The van der Waals surface area contributed by atoms with E-state index in [1.165, 1.54) is 29.3 Å². The van der Waals surface area contributed by atoms with Gasteiger partial charge in [0.1, 0.15) is 12.1 Å². The van der Waals surface area contributed by atoms with Gasteiger partial charge in [-0.1, -0.05) is 30.3 Å². The molecule has 1 aliphatic heterocycles. The monoisotopic (exact) mass is 518 g/mol. The lowest BCUT2D eigenvalue weighted by Gasteiger charge is -2.32. The Morgan fingerprint density at radius 1 is 1.11 bits per heavy atom. The number of fused-ring (bicyclic) bond motifs is 1. The molecule has 38 heavy (non-hydrogen) atoms. The molecule has 1 amide bonds. The Morgan fingerprint density at radius 2 is 1.89 bits per heavy atom. The van der Waals surface area contributed by atoms with E-state index in [1.54, 1.807) is 12.1 Å². The van der Waals surface area contributed by atoms with Crippen LogP contribution in [0, 0.1) is 5.82 Å². The lowest BCUT2D eigenvalue weighted by Crippen LogP contribution is -2.46.